The van der Waals surface area contributed by atoms with Gasteiger partial charge in [0.1, 0.15) is 29.6 Å². The molecule has 1 unspecified atom stereocenters. The van der Waals surface area contributed by atoms with Gasteiger partial charge in [0.05, 0.1) is 29.0 Å². The van der Waals surface area contributed by atoms with Gasteiger partial charge in [-0.1, -0.05) is 52.2 Å². The van der Waals surface area contributed by atoms with E-state index in [2.05, 4.69) is 10.3 Å². The Labute approximate surface area is 244 Å². The molecule has 1 aromatic heterocycles. The molecule has 8 nitrogen and oxygen atoms in total. The normalized spacial score (nSPS) is 16.2. The summed E-state index contributed by atoms with van der Waals surface area (Å²) in [5, 5.41) is 8.85. The molecule has 3 aromatic carbocycles. The van der Waals surface area contributed by atoms with Crippen LogP contribution < -0.4 is 9.47 Å². The molecule has 1 aliphatic carbocycles. The molecule has 0 saturated heterocycles. The quantitative estimate of drug-likeness (QED) is 0.174. The van der Waals surface area contributed by atoms with Crippen molar-refractivity contribution in [2.45, 2.75) is 44.5 Å². The molecule has 11 heteroatoms. The molecule has 6 rings (SSSR count). The lowest BCUT2D eigenvalue weighted by Gasteiger charge is -2.14. The van der Waals surface area contributed by atoms with E-state index >= 15 is 0 Å². The Kier molecular flexibility index (Phi) is 7.80. The van der Waals surface area contributed by atoms with Crippen LogP contribution in [0.3, 0.4) is 0 Å². The largest absolute Gasteiger partial charge is 0.489 e. The second-order valence-corrected chi connectivity index (χ2v) is 10.3. The summed E-state index contributed by atoms with van der Waals surface area (Å²) in [6.07, 6.45) is 1.95. The number of para-hydroxylation sites is 1. The van der Waals surface area contributed by atoms with Crippen molar-refractivity contribution >= 4 is 23.3 Å². The van der Waals surface area contributed by atoms with E-state index in [1.807, 2.05) is 12.1 Å². The Balaban J connectivity index is 1.17. The topological polar surface area (TPSA) is 92.4 Å². The smallest absolute Gasteiger partial charge is 0.387 e. The average molecular weight is 595 g/mol. The van der Waals surface area contributed by atoms with Crippen molar-refractivity contribution in [3.05, 3.63) is 99.8 Å². The van der Waals surface area contributed by atoms with E-state index in [-0.39, 0.29) is 18.3 Å². The van der Waals surface area contributed by atoms with E-state index < -0.39 is 18.7 Å². The lowest BCUT2D eigenvalue weighted by molar-refractivity contribution is -0.0494. The lowest BCUT2D eigenvalue weighted by atomic mass is 9.99. The summed E-state index contributed by atoms with van der Waals surface area (Å²) in [6, 6.07) is 18.7. The Morgan fingerprint density at radius 3 is 2.69 bits per heavy atom. The van der Waals surface area contributed by atoms with Crippen LogP contribution in [0, 0.1) is 0 Å². The molecular weight excluding hydrogens is 570 g/mol. The number of benzene rings is 3. The molecule has 216 valence electrons. The fourth-order valence-corrected chi connectivity index (χ4v) is 5.17. The molecule has 0 bridgehead atoms. The van der Waals surface area contributed by atoms with E-state index in [1.54, 1.807) is 48.5 Å². The monoisotopic (exact) mass is 594 g/mol. The third-order valence-corrected chi connectivity index (χ3v) is 7.44. The number of ether oxygens (including phenoxy) is 3. The maximum Gasteiger partial charge on any atom is 0.387 e. The zero-order valence-electron chi connectivity index (χ0n) is 22.4. The van der Waals surface area contributed by atoms with E-state index in [1.165, 1.54) is 13.2 Å². The number of hydrogen-bond acceptors (Lipinski definition) is 8. The summed E-state index contributed by atoms with van der Waals surface area (Å²) in [5.74, 6) is 0.965. The number of carbonyl (C=O) groups excluding carboxylic acids is 1. The number of methoxy groups -OCH3 is 1. The molecule has 0 spiro atoms. The van der Waals surface area contributed by atoms with Crippen molar-refractivity contribution in [1.29, 1.82) is 0 Å². The highest BCUT2D eigenvalue weighted by atomic mass is 35.5. The zero-order valence-corrected chi connectivity index (χ0v) is 23.1. The molecule has 4 aromatic rings. The lowest BCUT2D eigenvalue weighted by Crippen LogP contribution is -2.06. The first-order valence-corrected chi connectivity index (χ1v) is 13.7. The number of alkyl halides is 2. The summed E-state index contributed by atoms with van der Waals surface area (Å²) in [5.41, 5.74) is 4.07. The van der Waals surface area contributed by atoms with Crippen LogP contribution in [0.4, 0.5) is 8.78 Å². The highest BCUT2D eigenvalue weighted by molar-refractivity contribution is 6.31. The number of aromatic nitrogens is 1. The van der Waals surface area contributed by atoms with Gasteiger partial charge < -0.3 is 23.6 Å². The fourth-order valence-electron chi connectivity index (χ4n) is 4.87. The maximum absolute atomic E-state index is 13.0. The third-order valence-electron chi connectivity index (χ3n) is 7.11. The molecule has 0 N–H and O–H groups in total. The fraction of sp³-hybridized carbons (Fsp3) is 0.258. The standard InChI is InChI=1S/C31H25ClF2N2O6/c1-38-30(37)19-6-4-5-18(13-19)25-15-27(41-35-25)21-12-11-20(14-24(21)32)39-16-23-28(36-42-29(23)17-9-10-17)22-7-2-3-8-26(22)40-31(33)34/h2-8,11-14,17,27,31H,9-10,15-16H2,1H3. The predicted molar refractivity (Wildman–Crippen MR) is 149 cm³/mol. The highest BCUT2D eigenvalue weighted by Gasteiger charge is 2.34. The van der Waals surface area contributed by atoms with Crippen LogP contribution in [0.25, 0.3) is 11.3 Å². The van der Waals surface area contributed by atoms with Crippen LogP contribution in [0.2, 0.25) is 5.02 Å². The number of hydrogen-bond donors (Lipinski definition) is 0. The Morgan fingerprint density at radius 1 is 1.10 bits per heavy atom. The number of halogens is 3. The van der Waals surface area contributed by atoms with E-state index in [0.29, 0.717) is 51.0 Å². The predicted octanol–water partition coefficient (Wildman–Crippen LogP) is 7.71. The second-order valence-electron chi connectivity index (χ2n) is 9.90. The minimum Gasteiger partial charge on any atom is -0.489 e. The SMILES string of the molecule is COC(=O)c1cccc(C2=NOC(c3ccc(OCc4c(-c5ccccc5OC(F)F)noc4C4CC4)cc3Cl)C2)c1. The molecule has 0 radical (unpaired) electrons. The Morgan fingerprint density at radius 2 is 1.93 bits per heavy atom. The second kappa shape index (κ2) is 11.8. The number of rotatable bonds is 10. The number of oxime groups is 1. The van der Waals surface area contributed by atoms with Crippen molar-refractivity contribution in [2.75, 3.05) is 7.11 Å². The minimum absolute atomic E-state index is 0.00645. The van der Waals surface area contributed by atoms with Crippen LogP contribution in [0.15, 0.2) is 76.4 Å². The van der Waals surface area contributed by atoms with Gasteiger partial charge in [0.25, 0.3) is 0 Å². The highest BCUT2D eigenvalue weighted by Crippen LogP contribution is 2.45. The van der Waals surface area contributed by atoms with Crippen molar-refractivity contribution in [1.82, 2.24) is 5.16 Å². The summed E-state index contributed by atoms with van der Waals surface area (Å²) >= 11 is 6.65. The van der Waals surface area contributed by atoms with Gasteiger partial charge in [-0.05, 0) is 49.2 Å². The van der Waals surface area contributed by atoms with Crippen molar-refractivity contribution in [3.63, 3.8) is 0 Å². The summed E-state index contributed by atoms with van der Waals surface area (Å²) in [7, 11) is 1.33. The number of esters is 1. The van der Waals surface area contributed by atoms with Gasteiger partial charge in [-0.3, -0.25) is 0 Å². The molecule has 2 aliphatic rings. The Hall–Kier alpha value is -4.44. The van der Waals surface area contributed by atoms with E-state index in [0.717, 1.165) is 24.0 Å². The van der Waals surface area contributed by atoms with Crippen LogP contribution in [-0.4, -0.2) is 30.6 Å². The number of nitrogens with zero attached hydrogens (tertiary/aromatic N) is 2. The van der Waals surface area contributed by atoms with Gasteiger partial charge >= 0.3 is 12.6 Å². The molecule has 1 saturated carbocycles. The van der Waals surface area contributed by atoms with Crippen LogP contribution in [-0.2, 0) is 16.2 Å². The first-order valence-electron chi connectivity index (χ1n) is 13.3. The molecule has 42 heavy (non-hydrogen) atoms. The van der Waals surface area contributed by atoms with Crippen LogP contribution >= 0.6 is 11.6 Å². The van der Waals surface area contributed by atoms with Crippen molar-refractivity contribution < 1.29 is 37.1 Å². The average Bonchev–Trinajstić information content (AvgIpc) is 3.56. The summed E-state index contributed by atoms with van der Waals surface area (Å²) in [4.78, 5) is 17.6. The van der Waals surface area contributed by atoms with Crippen LogP contribution in [0.5, 0.6) is 11.5 Å². The molecule has 1 aliphatic heterocycles. The van der Waals surface area contributed by atoms with Gasteiger partial charge in [0, 0.05) is 29.0 Å². The van der Waals surface area contributed by atoms with Crippen molar-refractivity contribution in [3.8, 4) is 22.8 Å². The summed E-state index contributed by atoms with van der Waals surface area (Å²) in [6.45, 7) is -2.88. The van der Waals surface area contributed by atoms with Gasteiger partial charge in [0.15, 0.2) is 6.10 Å². The van der Waals surface area contributed by atoms with Crippen molar-refractivity contribution in [2.24, 2.45) is 5.16 Å². The van der Waals surface area contributed by atoms with Gasteiger partial charge in [-0.25, -0.2) is 4.79 Å². The molecule has 0 amide bonds. The maximum atomic E-state index is 13.0. The van der Waals surface area contributed by atoms with Gasteiger partial charge in [-0.15, -0.1) is 0 Å². The zero-order chi connectivity index (χ0) is 29.2. The first kappa shape index (κ1) is 27.7. The van der Waals surface area contributed by atoms with Crippen LogP contribution in [0.1, 0.15) is 64.1 Å². The molecular formula is C31H25ClF2N2O6. The van der Waals surface area contributed by atoms with E-state index in [9.17, 15) is 13.6 Å². The number of carbonyl (C=O) groups is 1. The Bertz CT molecular complexity index is 1650. The molecule has 1 fully saturated rings. The summed E-state index contributed by atoms with van der Waals surface area (Å²) < 4.78 is 47.4. The molecule has 1 atom stereocenters. The van der Waals surface area contributed by atoms with Gasteiger partial charge in [0.2, 0.25) is 0 Å². The van der Waals surface area contributed by atoms with E-state index in [4.69, 9.17) is 35.2 Å². The first-order chi connectivity index (χ1) is 20.4. The molecule has 2 heterocycles. The third kappa shape index (κ3) is 5.80. The van der Waals surface area contributed by atoms with Gasteiger partial charge in [-0.2, -0.15) is 8.78 Å². The minimum atomic E-state index is -2.98.